The zero-order chi connectivity index (χ0) is 12.8. The number of nitrogens with zero attached hydrogens (tertiary/aromatic N) is 1. The van der Waals surface area contributed by atoms with Gasteiger partial charge in [0.1, 0.15) is 0 Å². The van der Waals surface area contributed by atoms with Crippen LogP contribution in [-0.4, -0.2) is 12.6 Å². The highest BCUT2D eigenvalue weighted by molar-refractivity contribution is 6.17. The first kappa shape index (κ1) is 13.5. The monoisotopic (exact) mass is 251 g/mol. The highest BCUT2D eigenvalue weighted by Crippen LogP contribution is 2.18. The van der Waals surface area contributed by atoms with Crippen molar-refractivity contribution < 1.29 is 9.53 Å². The number of nitriles is 1. The molecule has 0 aliphatic carbocycles. The molecule has 1 rings (SSSR count). The first-order valence-corrected chi connectivity index (χ1v) is 5.89. The molecular weight excluding hydrogens is 238 g/mol. The number of benzene rings is 1. The lowest BCUT2D eigenvalue weighted by atomic mass is 9.98. The summed E-state index contributed by atoms with van der Waals surface area (Å²) in [5, 5.41) is 8.99. The van der Waals surface area contributed by atoms with Gasteiger partial charge in [0.25, 0.3) is 0 Å². The second kappa shape index (κ2) is 6.27. The molecule has 0 saturated heterocycles. The van der Waals surface area contributed by atoms with Gasteiger partial charge in [-0.3, -0.25) is 4.79 Å². The van der Waals surface area contributed by atoms with Gasteiger partial charge in [0.05, 0.1) is 24.7 Å². The third-order valence-electron chi connectivity index (χ3n) is 2.49. The molecule has 0 heterocycles. The molecule has 3 nitrogen and oxygen atoms in total. The Bertz CT molecular complexity index is 463. The fourth-order valence-corrected chi connectivity index (χ4v) is 1.74. The summed E-state index contributed by atoms with van der Waals surface area (Å²) in [6, 6.07) is 5.70. The average Bonchev–Trinajstić information content (AvgIpc) is 2.32. The van der Waals surface area contributed by atoms with Crippen molar-refractivity contribution in [3.8, 4) is 6.07 Å². The highest BCUT2D eigenvalue weighted by atomic mass is 35.5. The molecule has 1 aromatic rings. The normalized spacial score (nSPS) is 9.76. The standard InChI is InChI=1S/C13H14ClNO2/c1-3-17-13(16)6-11-4-10(7-14)5-12(8-15)9(11)2/h4-5H,3,6-7H2,1-2H3. The Kier molecular flexibility index (Phi) is 4.99. The van der Waals surface area contributed by atoms with Crippen LogP contribution in [0.4, 0.5) is 0 Å². The van der Waals surface area contributed by atoms with Gasteiger partial charge in [-0.15, -0.1) is 11.6 Å². The molecule has 0 amide bonds. The zero-order valence-electron chi connectivity index (χ0n) is 9.92. The van der Waals surface area contributed by atoms with Gasteiger partial charge in [-0.1, -0.05) is 6.07 Å². The Morgan fingerprint density at radius 1 is 1.53 bits per heavy atom. The number of halogens is 1. The predicted octanol–water partition coefficient (Wildman–Crippen LogP) is 2.71. The quantitative estimate of drug-likeness (QED) is 0.611. The molecule has 0 saturated carbocycles. The van der Waals surface area contributed by atoms with E-state index in [4.69, 9.17) is 21.6 Å². The lowest BCUT2D eigenvalue weighted by Crippen LogP contribution is -2.09. The number of rotatable bonds is 4. The molecule has 90 valence electrons. The Labute approximate surface area is 106 Å². The fraction of sp³-hybridized carbons (Fsp3) is 0.385. The Balaban J connectivity index is 3.06. The number of esters is 1. The van der Waals surface area contributed by atoms with Crippen LogP contribution in [0.25, 0.3) is 0 Å². The maximum Gasteiger partial charge on any atom is 0.310 e. The average molecular weight is 252 g/mol. The van der Waals surface area contributed by atoms with E-state index in [1.54, 1.807) is 13.0 Å². The summed E-state index contributed by atoms with van der Waals surface area (Å²) in [6.45, 7) is 3.95. The molecule has 0 spiro atoms. The molecule has 0 aliphatic heterocycles. The molecule has 1 aromatic carbocycles. The second-order valence-electron chi connectivity index (χ2n) is 3.65. The molecule has 0 bridgehead atoms. The lowest BCUT2D eigenvalue weighted by Gasteiger charge is -2.09. The van der Waals surface area contributed by atoms with Crippen LogP contribution in [0.15, 0.2) is 12.1 Å². The number of carbonyl (C=O) groups excluding carboxylic acids is 1. The Hall–Kier alpha value is -1.53. The van der Waals surface area contributed by atoms with Crippen molar-refractivity contribution in [3.63, 3.8) is 0 Å². The molecule has 0 aromatic heterocycles. The van der Waals surface area contributed by atoms with Gasteiger partial charge in [-0.2, -0.15) is 5.26 Å². The van der Waals surface area contributed by atoms with Crippen molar-refractivity contribution in [1.29, 1.82) is 5.26 Å². The fourth-order valence-electron chi connectivity index (χ4n) is 1.58. The third-order valence-corrected chi connectivity index (χ3v) is 2.80. The van der Waals surface area contributed by atoms with E-state index in [-0.39, 0.29) is 12.4 Å². The molecular formula is C13H14ClNO2. The number of ether oxygens (including phenoxy) is 1. The molecule has 0 N–H and O–H groups in total. The minimum Gasteiger partial charge on any atom is -0.466 e. The topological polar surface area (TPSA) is 50.1 Å². The molecule has 0 aliphatic rings. The van der Waals surface area contributed by atoms with Crippen molar-refractivity contribution in [2.45, 2.75) is 26.1 Å². The van der Waals surface area contributed by atoms with E-state index < -0.39 is 0 Å². The molecule has 0 radical (unpaired) electrons. The maximum atomic E-state index is 11.4. The van der Waals surface area contributed by atoms with Gasteiger partial charge in [0.2, 0.25) is 0 Å². The minimum atomic E-state index is -0.286. The van der Waals surface area contributed by atoms with Crippen LogP contribution >= 0.6 is 11.6 Å². The SMILES string of the molecule is CCOC(=O)Cc1cc(CCl)cc(C#N)c1C. The number of hydrogen-bond acceptors (Lipinski definition) is 3. The van der Waals surface area contributed by atoms with Gasteiger partial charge in [0, 0.05) is 5.88 Å². The summed E-state index contributed by atoms with van der Waals surface area (Å²) in [5.74, 6) is 0.0383. The maximum absolute atomic E-state index is 11.4. The van der Waals surface area contributed by atoms with Crippen LogP contribution in [-0.2, 0) is 21.8 Å². The summed E-state index contributed by atoms with van der Waals surface area (Å²) in [4.78, 5) is 11.4. The molecule has 0 fully saturated rings. The Morgan fingerprint density at radius 3 is 2.76 bits per heavy atom. The van der Waals surface area contributed by atoms with E-state index >= 15 is 0 Å². The molecule has 17 heavy (non-hydrogen) atoms. The van der Waals surface area contributed by atoms with Gasteiger partial charge >= 0.3 is 5.97 Å². The molecule has 0 unspecified atom stereocenters. The number of alkyl halides is 1. The van der Waals surface area contributed by atoms with Crippen molar-refractivity contribution in [2.75, 3.05) is 6.61 Å². The first-order valence-electron chi connectivity index (χ1n) is 5.36. The van der Waals surface area contributed by atoms with Gasteiger partial charge < -0.3 is 4.74 Å². The van der Waals surface area contributed by atoms with Gasteiger partial charge in [-0.25, -0.2) is 0 Å². The number of carbonyl (C=O) groups is 1. The van der Waals surface area contributed by atoms with E-state index in [0.29, 0.717) is 18.1 Å². The third kappa shape index (κ3) is 3.47. The van der Waals surface area contributed by atoms with Crippen molar-refractivity contribution in [3.05, 3.63) is 34.4 Å². The van der Waals surface area contributed by atoms with Crippen LogP contribution in [0.1, 0.15) is 29.2 Å². The van der Waals surface area contributed by atoms with Crippen molar-refractivity contribution in [1.82, 2.24) is 0 Å². The summed E-state index contributed by atoms with van der Waals surface area (Å²) in [6.07, 6.45) is 0.180. The Morgan fingerprint density at radius 2 is 2.24 bits per heavy atom. The smallest absolute Gasteiger partial charge is 0.310 e. The number of hydrogen-bond donors (Lipinski definition) is 0. The molecule has 0 atom stereocenters. The van der Waals surface area contributed by atoms with Crippen LogP contribution in [0.5, 0.6) is 0 Å². The van der Waals surface area contributed by atoms with Crippen LogP contribution in [0, 0.1) is 18.3 Å². The lowest BCUT2D eigenvalue weighted by molar-refractivity contribution is -0.142. The highest BCUT2D eigenvalue weighted by Gasteiger charge is 2.11. The van der Waals surface area contributed by atoms with E-state index in [0.717, 1.165) is 16.7 Å². The second-order valence-corrected chi connectivity index (χ2v) is 3.92. The van der Waals surface area contributed by atoms with Crippen LogP contribution < -0.4 is 0 Å². The summed E-state index contributed by atoms with van der Waals surface area (Å²) in [7, 11) is 0. The van der Waals surface area contributed by atoms with E-state index in [1.807, 2.05) is 13.0 Å². The van der Waals surface area contributed by atoms with Crippen LogP contribution in [0.3, 0.4) is 0 Å². The van der Waals surface area contributed by atoms with Gasteiger partial charge in [0.15, 0.2) is 0 Å². The minimum absolute atomic E-state index is 0.180. The first-order chi connectivity index (χ1) is 8.12. The van der Waals surface area contributed by atoms with E-state index in [9.17, 15) is 4.79 Å². The van der Waals surface area contributed by atoms with Crippen LogP contribution in [0.2, 0.25) is 0 Å². The van der Waals surface area contributed by atoms with Crippen molar-refractivity contribution >= 4 is 17.6 Å². The molecule has 4 heteroatoms. The predicted molar refractivity (Wildman–Crippen MR) is 65.8 cm³/mol. The van der Waals surface area contributed by atoms with E-state index in [1.165, 1.54) is 0 Å². The summed E-state index contributed by atoms with van der Waals surface area (Å²) >= 11 is 5.75. The van der Waals surface area contributed by atoms with Gasteiger partial charge in [-0.05, 0) is 36.6 Å². The van der Waals surface area contributed by atoms with E-state index in [2.05, 4.69) is 6.07 Å². The summed E-state index contributed by atoms with van der Waals surface area (Å²) in [5.41, 5.74) is 3.02. The summed E-state index contributed by atoms with van der Waals surface area (Å²) < 4.78 is 4.89. The largest absolute Gasteiger partial charge is 0.466 e. The van der Waals surface area contributed by atoms with Crippen molar-refractivity contribution in [2.24, 2.45) is 0 Å². The zero-order valence-corrected chi connectivity index (χ0v) is 10.7.